The summed E-state index contributed by atoms with van der Waals surface area (Å²) < 4.78 is 5.88. The van der Waals surface area contributed by atoms with Crippen molar-refractivity contribution in [2.24, 2.45) is 0 Å². The Kier molecular flexibility index (Phi) is 10.3. The first-order chi connectivity index (χ1) is 16.7. The Morgan fingerprint density at radius 3 is 1.63 bits per heavy atom. The second-order valence-electron chi connectivity index (χ2n) is 7.70. The fraction of sp³-hybridized carbons (Fsp3) is 0.360. The van der Waals surface area contributed by atoms with E-state index in [1.165, 1.54) is 13.8 Å². The highest BCUT2D eigenvalue weighted by molar-refractivity contribution is 8.00. The van der Waals surface area contributed by atoms with Crippen LogP contribution in [0.25, 0.3) is 0 Å². The summed E-state index contributed by atoms with van der Waals surface area (Å²) in [6.07, 6.45) is 1.55. The van der Waals surface area contributed by atoms with Gasteiger partial charge >= 0.3 is 0 Å². The molecule has 2 unspecified atom stereocenters. The smallest absolute Gasteiger partial charge is 0.277 e. The van der Waals surface area contributed by atoms with Gasteiger partial charge in [0.15, 0.2) is 0 Å². The molecule has 2 atom stereocenters. The van der Waals surface area contributed by atoms with Crippen LogP contribution in [0.3, 0.4) is 0 Å². The third kappa shape index (κ3) is 6.83. The molecule has 0 aromatic heterocycles. The first-order valence-electron chi connectivity index (χ1n) is 11.1. The second-order valence-corrected chi connectivity index (χ2v) is 8.72. The lowest BCUT2D eigenvalue weighted by Crippen LogP contribution is -2.80. The van der Waals surface area contributed by atoms with E-state index in [4.69, 9.17) is 4.74 Å². The Bertz CT molecular complexity index is 1020. The van der Waals surface area contributed by atoms with Crippen LogP contribution in [-0.4, -0.2) is 47.1 Å². The highest BCUT2D eigenvalue weighted by Crippen LogP contribution is 2.35. The summed E-state index contributed by atoms with van der Waals surface area (Å²) in [6.45, 7) is 4.27. The van der Waals surface area contributed by atoms with Crippen LogP contribution in [-0.2, 0) is 37.0 Å². The molecule has 0 aliphatic heterocycles. The molecule has 0 radical (unpaired) electrons. The zero-order chi connectivity index (χ0) is 25.9. The molecule has 2 aromatic carbocycles. The number of nitrogens with one attached hydrogen (secondary N) is 4. The van der Waals surface area contributed by atoms with Crippen LogP contribution in [0.4, 0.5) is 0 Å². The van der Waals surface area contributed by atoms with Crippen molar-refractivity contribution in [2.75, 3.05) is 12.9 Å². The number of hydrogen-bond acceptors (Lipinski definition) is 6. The minimum atomic E-state index is -2.26. The molecule has 35 heavy (non-hydrogen) atoms. The number of carbonyl (C=O) groups is 4. The number of hydrogen-bond donors (Lipinski definition) is 4. The topological polar surface area (TPSA) is 126 Å². The number of rotatable bonds is 12. The number of ether oxygens (including phenoxy) is 1. The molecule has 0 spiro atoms. The van der Waals surface area contributed by atoms with Crippen LogP contribution >= 0.6 is 11.8 Å². The molecule has 4 amide bonds. The van der Waals surface area contributed by atoms with E-state index < -0.39 is 34.2 Å². The third-order valence-corrected chi connectivity index (χ3v) is 6.29. The van der Waals surface area contributed by atoms with Crippen LogP contribution in [0.2, 0.25) is 0 Å². The Labute approximate surface area is 209 Å². The van der Waals surface area contributed by atoms with Crippen molar-refractivity contribution in [3.8, 4) is 0 Å². The summed E-state index contributed by atoms with van der Waals surface area (Å²) in [6, 6.07) is 18.3. The van der Waals surface area contributed by atoms with Crippen molar-refractivity contribution in [2.45, 2.75) is 44.5 Å². The summed E-state index contributed by atoms with van der Waals surface area (Å²) in [5.41, 5.74) is -0.639. The number of thioether (sulfide) groups is 1. The molecule has 0 fully saturated rings. The molecule has 2 aromatic rings. The molecule has 4 N–H and O–H groups in total. The van der Waals surface area contributed by atoms with Gasteiger partial charge in [0.2, 0.25) is 16.7 Å². The largest absolute Gasteiger partial charge is 0.349 e. The van der Waals surface area contributed by atoms with E-state index in [1.807, 2.05) is 60.7 Å². The monoisotopic (exact) mass is 500 g/mol. The molecule has 10 heteroatoms. The Hall–Kier alpha value is -3.37. The molecule has 9 nitrogen and oxygen atoms in total. The second kappa shape index (κ2) is 12.9. The molecule has 0 aliphatic rings. The maximum atomic E-state index is 13.7. The number of amides is 4. The minimum Gasteiger partial charge on any atom is -0.349 e. The summed E-state index contributed by atoms with van der Waals surface area (Å²) >= 11 is 0.883. The zero-order valence-corrected chi connectivity index (χ0v) is 21.2. The third-order valence-electron chi connectivity index (χ3n) is 5.10. The van der Waals surface area contributed by atoms with E-state index in [1.54, 1.807) is 13.2 Å². The molecule has 0 saturated carbocycles. The van der Waals surface area contributed by atoms with Crippen LogP contribution in [0.15, 0.2) is 60.7 Å². The molecule has 188 valence electrons. The predicted octanol–water partition coefficient (Wildman–Crippen LogP) is 1.68. The summed E-state index contributed by atoms with van der Waals surface area (Å²) in [7, 11) is 0. The average molecular weight is 501 g/mol. The number of carbonyl (C=O) groups excluding carboxylic acids is 4. The maximum Gasteiger partial charge on any atom is 0.277 e. The van der Waals surface area contributed by atoms with Crippen LogP contribution in [0.1, 0.15) is 31.9 Å². The van der Waals surface area contributed by atoms with Gasteiger partial charge in [0.25, 0.3) is 17.5 Å². The average Bonchev–Trinajstić information content (AvgIpc) is 2.84. The highest BCUT2D eigenvalue weighted by atomic mass is 32.2. The van der Waals surface area contributed by atoms with Crippen molar-refractivity contribution < 1.29 is 23.9 Å². The van der Waals surface area contributed by atoms with Gasteiger partial charge in [-0.3, -0.25) is 19.2 Å². The van der Waals surface area contributed by atoms with E-state index >= 15 is 0 Å². The fourth-order valence-corrected chi connectivity index (χ4v) is 4.61. The Morgan fingerprint density at radius 2 is 1.23 bits per heavy atom. The summed E-state index contributed by atoms with van der Waals surface area (Å²) in [5, 5.41) is 10.7. The lowest BCUT2D eigenvalue weighted by atomic mass is 9.98. The van der Waals surface area contributed by atoms with Crippen LogP contribution in [0.5, 0.6) is 0 Å². The van der Waals surface area contributed by atoms with E-state index in [9.17, 15) is 19.2 Å². The van der Waals surface area contributed by atoms with Gasteiger partial charge in [-0.25, -0.2) is 0 Å². The Balaban J connectivity index is 2.53. The quantitative estimate of drug-likeness (QED) is 0.329. The van der Waals surface area contributed by atoms with Gasteiger partial charge in [-0.2, -0.15) is 0 Å². The van der Waals surface area contributed by atoms with Crippen molar-refractivity contribution in [3.63, 3.8) is 0 Å². The Morgan fingerprint density at radius 1 is 0.771 bits per heavy atom. The first kappa shape index (κ1) is 27.9. The van der Waals surface area contributed by atoms with Gasteiger partial charge < -0.3 is 26.0 Å². The van der Waals surface area contributed by atoms with E-state index in [2.05, 4.69) is 21.3 Å². The lowest BCUT2D eigenvalue weighted by molar-refractivity contribution is -0.171. The highest BCUT2D eigenvalue weighted by Gasteiger charge is 2.64. The zero-order valence-electron chi connectivity index (χ0n) is 20.3. The molecule has 2 rings (SSSR count). The van der Waals surface area contributed by atoms with Crippen LogP contribution < -0.4 is 21.3 Å². The van der Waals surface area contributed by atoms with Crippen molar-refractivity contribution in [3.05, 3.63) is 71.8 Å². The molecule has 0 bridgehead atoms. The SMILES string of the molecule is CCOC(NC(C)=O)(C(=O)NCc1ccccc1)C(NC(C)=O)(SC)C(=O)NCc1ccccc1. The van der Waals surface area contributed by atoms with Crippen LogP contribution in [0, 0.1) is 0 Å². The van der Waals surface area contributed by atoms with E-state index in [0.29, 0.717) is 0 Å². The molecule has 0 aliphatic carbocycles. The van der Waals surface area contributed by atoms with Gasteiger partial charge in [-0.15, -0.1) is 11.8 Å². The van der Waals surface area contributed by atoms with Crippen molar-refractivity contribution in [1.82, 2.24) is 21.3 Å². The van der Waals surface area contributed by atoms with Crippen molar-refractivity contribution >= 4 is 35.4 Å². The number of benzene rings is 2. The van der Waals surface area contributed by atoms with Gasteiger partial charge in [0, 0.05) is 33.5 Å². The summed E-state index contributed by atoms with van der Waals surface area (Å²) in [4.78, 5) is 50.1. The van der Waals surface area contributed by atoms with Gasteiger partial charge in [0.05, 0.1) is 0 Å². The van der Waals surface area contributed by atoms with Gasteiger partial charge in [0.1, 0.15) is 0 Å². The molecule has 0 heterocycles. The first-order valence-corrected chi connectivity index (χ1v) is 12.3. The molecular formula is C25H32N4O5S. The van der Waals surface area contributed by atoms with E-state index in [0.717, 1.165) is 22.9 Å². The normalized spacial score (nSPS) is 14.1. The lowest BCUT2D eigenvalue weighted by Gasteiger charge is -2.46. The molecule has 0 saturated heterocycles. The molecular weight excluding hydrogens is 468 g/mol. The maximum absolute atomic E-state index is 13.7. The van der Waals surface area contributed by atoms with Crippen molar-refractivity contribution in [1.29, 1.82) is 0 Å². The van der Waals surface area contributed by atoms with E-state index in [-0.39, 0.29) is 19.7 Å². The predicted molar refractivity (Wildman–Crippen MR) is 135 cm³/mol. The van der Waals surface area contributed by atoms with Gasteiger partial charge in [-0.05, 0) is 24.3 Å². The van der Waals surface area contributed by atoms with Gasteiger partial charge in [-0.1, -0.05) is 60.7 Å². The fourth-order valence-electron chi connectivity index (χ4n) is 3.62. The minimum absolute atomic E-state index is 0.0348. The standard InChI is InChI=1S/C25H32N4O5S/c1-5-34-24(28-18(2)30,22(32)26-16-20-12-8-6-9-13-20)25(35-4,29-19(3)31)23(33)27-17-21-14-10-7-11-15-21/h6-15H,5,16-17H2,1-4H3,(H,26,32)(H,27,33)(H,28,30)(H,29,31). The summed E-state index contributed by atoms with van der Waals surface area (Å²) in [5.74, 6) is -2.69.